The Kier molecular flexibility index (Phi) is 3.07. The molecule has 1 heterocycles. The van der Waals surface area contributed by atoms with Crippen LogP contribution in [0.1, 0.15) is 15.4 Å². The van der Waals surface area contributed by atoms with Crippen molar-refractivity contribution in [2.24, 2.45) is 0 Å². The van der Waals surface area contributed by atoms with Gasteiger partial charge in [-0.15, -0.1) is 11.3 Å². The number of benzene rings is 1. The van der Waals surface area contributed by atoms with Gasteiger partial charge in [-0.1, -0.05) is 28.1 Å². The Hall–Kier alpha value is -1.20. The number of thiazole rings is 1. The van der Waals surface area contributed by atoms with Gasteiger partial charge in [-0.25, -0.2) is 9.78 Å². The zero-order valence-electron chi connectivity index (χ0n) is 8.40. The molecule has 2 aromatic rings. The van der Waals surface area contributed by atoms with E-state index < -0.39 is 5.97 Å². The van der Waals surface area contributed by atoms with E-state index in [1.54, 1.807) is 6.92 Å². The summed E-state index contributed by atoms with van der Waals surface area (Å²) < 4.78 is 0.953. The number of hydrogen-bond acceptors (Lipinski definition) is 3. The van der Waals surface area contributed by atoms with E-state index in [9.17, 15) is 4.79 Å². The number of aryl methyl sites for hydroxylation is 1. The monoisotopic (exact) mass is 297 g/mol. The van der Waals surface area contributed by atoms with Crippen LogP contribution in [-0.2, 0) is 0 Å². The van der Waals surface area contributed by atoms with Gasteiger partial charge in [-0.3, -0.25) is 0 Å². The van der Waals surface area contributed by atoms with Crippen molar-refractivity contribution in [3.63, 3.8) is 0 Å². The van der Waals surface area contributed by atoms with Gasteiger partial charge in [0, 0.05) is 10.0 Å². The molecule has 0 radical (unpaired) electrons. The Labute approximate surface area is 105 Å². The number of nitrogens with zero attached hydrogens (tertiary/aromatic N) is 1. The van der Waals surface area contributed by atoms with E-state index in [2.05, 4.69) is 20.9 Å². The molecule has 0 aliphatic heterocycles. The largest absolute Gasteiger partial charge is 0.477 e. The number of hydrogen-bond donors (Lipinski definition) is 1. The molecule has 1 aromatic carbocycles. The van der Waals surface area contributed by atoms with Crippen molar-refractivity contribution in [2.45, 2.75) is 6.92 Å². The van der Waals surface area contributed by atoms with Crippen LogP contribution < -0.4 is 0 Å². The van der Waals surface area contributed by atoms with Crippen molar-refractivity contribution >= 4 is 33.2 Å². The highest BCUT2D eigenvalue weighted by Gasteiger charge is 2.14. The van der Waals surface area contributed by atoms with Gasteiger partial charge in [0.2, 0.25) is 0 Å². The summed E-state index contributed by atoms with van der Waals surface area (Å²) in [5.74, 6) is -0.920. The number of halogens is 1. The number of rotatable bonds is 2. The van der Waals surface area contributed by atoms with E-state index in [1.165, 1.54) is 11.3 Å². The van der Waals surface area contributed by atoms with Gasteiger partial charge in [-0.2, -0.15) is 0 Å². The molecule has 2 rings (SSSR count). The molecule has 0 bridgehead atoms. The average Bonchev–Trinajstić information content (AvgIpc) is 2.60. The van der Waals surface area contributed by atoms with Gasteiger partial charge in [0.15, 0.2) is 0 Å². The van der Waals surface area contributed by atoms with E-state index in [4.69, 9.17) is 5.11 Å². The first kappa shape index (κ1) is 11.3. The van der Waals surface area contributed by atoms with Crippen molar-refractivity contribution in [3.8, 4) is 10.6 Å². The molecule has 82 valence electrons. The average molecular weight is 298 g/mol. The molecule has 3 nitrogen and oxygen atoms in total. The predicted octanol–water partition coefficient (Wildman–Crippen LogP) is 3.58. The molecule has 5 heteroatoms. The first-order valence-electron chi connectivity index (χ1n) is 4.54. The van der Waals surface area contributed by atoms with Crippen LogP contribution in [0.4, 0.5) is 0 Å². The molecule has 0 fully saturated rings. The lowest BCUT2D eigenvalue weighted by Gasteiger charge is -1.95. The van der Waals surface area contributed by atoms with Crippen LogP contribution in [0.3, 0.4) is 0 Å². The van der Waals surface area contributed by atoms with Crippen LogP contribution >= 0.6 is 27.3 Å². The maximum absolute atomic E-state index is 10.9. The maximum Gasteiger partial charge on any atom is 0.347 e. The van der Waals surface area contributed by atoms with Gasteiger partial charge in [0.1, 0.15) is 9.88 Å². The third kappa shape index (κ3) is 2.15. The summed E-state index contributed by atoms with van der Waals surface area (Å²) in [6.45, 7) is 1.71. The first-order chi connectivity index (χ1) is 7.58. The standard InChI is InChI=1S/C11H8BrNO2S/c1-6-9(11(14)15)16-10(13-6)7-3-2-4-8(12)5-7/h2-5H,1H3,(H,14,15). The fraction of sp³-hybridized carbons (Fsp3) is 0.0909. The van der Waals surface area contributed by atoms with Gasteiger partial charge >= 0.3 is 5.97 Å². The summed E-state index contributed by atoms with van der Waals surface area (Å²) in [4.78, 5) is 15.5. The third-order valence-electron chi connectivity index (χ3n) is 2.06. The van der Waals surface area contributed by atoms with Gasteiger partial charge in [-0.05, 0) is 19.1 Å². The Bertz CT molecular complexity index is 551. The van der Waals surface area contributed by atoms with Crippen LogP contribution in [0.25, 0.3) is 10.6 Å². The Morgan fingerprint density at radius 2 is 2.25 bits per heavy atom. The minimum atomic E-state index is -0.920. The SMILES string of the molecule is Cc1nc(-c2cccc(Br)c2)sc1C(=O)O. The molecule has 0 amide bonds. The molecular formula is C11H8BrNO2S. The van der Waals surface area contributed by atoms with E-state index in [-0.39, 0.29) is 0 Å². The molecule has 0 aliphatic carbocycles. The zero-order chi connectivity index (χ0) is 11.7. The van der Waals surface area contributed by atoms with E-state index in [0.717, 1.165) is 15.0 Å². The lowest BCUT2D eigenvalue weighted by atomic mass is 10.2. The predicted molar refractivity (Wildman–Crippen MR) is 66.9 cm³/mol. The normalized spacial score (nSPS) is 10.4. The molecular weight excluding hydrogens is 290 g/mol. The number of aromatic nitrogens is 1. The molecule has 0 aliphatic rings. The van der Waals surface area contributed by atoms with Crippen LogP contribution in [0.2, 0.25) is 0 Å². The summed E-state index contributed by atoms with van der Waals surface area (Å²) in [7, 11) is 0. The van der Waals surface area contributed by atoms with E-state index in [0.29, 0.717) is 10.6 Å². The Morgan fingerprint density at radius 1 is 1.50 bits per heavy atom. The molecule has 0 saturated heterocycles. The number of aromatic carboxylic acids is 1. The lowest BCUT2D eigenvalue weighted by molar-refractivity contribution is 0.0701. The molecule has 0 spiro atoms. The van der Waals surface area contributed by atoms with Crippen molar-refractivity contribution in [2.75, 3.05) is 0 Å². The summed E-state index contributed by atoms with van der Waals surface area (Å²) in [6.07, 6.45) is 0. The number of carbonyl (C=O) groups is 1. The highest BCUT2D eigenvalue weighted by molar-refractivity contribution is 9.10. The van der Waals surface area contributed by atoms with Crippen molar-refractivity contribution in [3.05, 3.63) is 39.3 Å². The van der Waals surface area contributed by atoms with E-state index >= 15 is 0 Å². The first-order valence-corrected chi connectivity index (χ1v) is 6.15. The second-order valence-electron chi connectivity index (χ2n) is 3.25. The maximum atomic E-state index is 10.9. The van der Waals surface area contributed by atoms with E-state index in [1.807, 2.05) is 24.3 Å². The fourth-order valence-electron chi connectivity index (χ4n) is 1.34. The topological polar surface area (TPSA) is 50.2 Å². The third-order valence-corrected chi connectivity index (χ3v) is 3.75. The number of carboxylic acid groups (broad SMARTS) is 1. The van der Waals surface area contributed by atoms with Gasteiger partial charge in [0.25, 0.3) is 0 Å². The summed E-state index contributed by atoms with van der Waals surface area (Å²) in [6, 6.07) is 7.65. The van der Waals surface area contributed by atoms with Crippen LogP contribution in [0.5, 0.6) is 0 Å². The van der Waals surface area contributed by atoms with Crippen molar-refractivity contribution in [1.82, 2.24) is 4.98 Å². The van der Waals surface area contributed by atoms with Crippen LogP contribution in [0, 0.1) is 6.92 Å². The highest BCUT2D eigenvalue weighted by Crippen LogP contribution is 2.29. The summed E-state index contributed by atoms with van der Waals surface area (Å²) in [5, 5.41) is 9.67. The molecule has 16 heavy (non-hydrogen) atoms. The smallest absolute Gasteiger partial charge is 0.347 e. The molecule has 0 unspecified atom stereocenters. The second-order valence-corrected chi connectivity index (χ2v) is 5.16. The Morgan fingerprint density at radius 3 is 2.81 bits per heavy atom. The molecule has 1 N–H and O–H groups in total. The minimum absolute atomic E-state index is 0.301. The zero-order valence-corrected chi connectivity index (χ0v) is 10.8. The van der Waals surface area contributed by atoms with Gasteiger partial charge < -0.3 is 5.11 Å². The summed E-state index contributed by atoms with van der Waals surface area (Å²) in [5.41, 5.74) is 1.49. The minimum Gasteiger partial charge on any atom is -0.477 e. The molecule has 0 atom stereocenters. The summed E-state index contributed by atoms with van der Waals surface area (Å²) >= 11 is 4.57. The Balaban J connectivity index is 2.49. The van der Waals surface area contributed by atoms with Crippen molar-refractivity contribution < 1.29 is 9.90 Å². The lowest BCUT2D eigenvalue weighted by Crippen LogP contribution is -1.94. The van der Waals surface area contributed by atoms with Crippen LogP contribution in [0.15, 0.2) is 28.7 Å². The highest BCUT2D eigenvalue weighted by atomic mass is 79.9. The second kappa shape index (κ2) is 4.35. The molecule has 1 aromatic heterocycles. The number of carboxylic acids is 1. The van der Waals surface area contributed by atoms with Crippen molar-refractivity contribution in [1.29, 1.82) is 0 Å². The van der Waals surface area contributed by atoms with Gasteiger partial charge in [0.05, 0.1) is 5.69 Å². The quantitative estimate of drug-likeness (QED) is 0.922. The van der Waals surface area contributed by atoms with Crippen LogP contribution in [-0.4, -0.2) is 16.1 Å². The fourth-order valence-corrected chi connectivity index (χ4v) is 2.64. The molecule has 0 saturated carbocycles.